The largest absolute Gasteiger partial charge is 0.495 e. The summed E-state index contributed by atoms with van der Waals surface area (Å²) < 4.78 is 38.3. The Balaban J connectivity index is 1.86. The fourth-order valence-electron chi connectivity index (χ4n) is 3.54. The van der Waals surface area contributed by atoms with Crippen LogP contribution in [0.5, 0.6) is 5.75 Å². The van der Waals surface area contributed by atoms with Crippen LogP contribution >= 0.6 is 11.6 Å². The predicted molar refractivity (Wildman–Crippen MR) is 129 cm³/mol. The quantitative estimate of drug-likeness (QED) is 0.569. The van der Waals surface area contributed by atoms with E-state index >= 15 is 0 Å². The lowest BCUT2D eigenvalue weighted by molar-refractivity contribution is -0.131. The summed E-state index contributed by atoms with van der Waals surface area (Å²) >= 11 is 6.26. The van der Waals surface area contributed by atoms with Gasteiger partial charge in [0.05, 0.1) is 29.3 Å². The van der Waals surface area contributed by atoms with Gasteiger partial charge in [0.15, 0.2) is 0 Å². The van der Waals surface area contributed by atoms with Crippen molar-refractivity contribution in [1.29, 1.82) is 0 Å². The van der Waals surface area contributed by atoms with Crippen LogP contribution in [0.2, 0.25) is 5.02 Å². The lowest BCUT2D eigenvalue weighted by Crippen LogP contribution is -2.53. The first kappa shape index (κ1) is 25.6. The second-order valence-corrected chi connectivity index (χ2v) is 9.98. The number of methoxy groups -OCH3 is 1. The molecule has 0 bridgehead atoms. The molecule has 0 spiro atoms. The van der Waals surface area contributed by atoms with E-state index in [4.69, 9.17) is 21.1 Å². The van der Waals surface area contributed by atoms with Gasteiger partial charge >= 0.3 is 6.09 Å². The zero-order valence-corrected chi connectivity index (χ0v) is 20.9. The Hall–Kier alpha value is -2.98. The summed E-state index contributed by atoms with van der Waals surface area (Å²) in [6, 6.07) is 11.0. The van der Waals surface area contributed by atoms with E-state index in [-0.39, 0.29) is 41.2 Å². The zero-order chi connectivity index (χ0) is 24.9. The summed E-state index contributed by atoms with van der Waals surface area (Å²) in [6.45, 7) is 4.61. The third kappa shape index (κ3) is 5.74. The molecule has 0 aromatic heterocycles. The molecule has 1 aliphatic heterocycles. The highest BCUT2D eigenvalue weighted by atomic mass is 35.5. The first-order valence-corrected chi connectivity index (χ1v) is 12.6. The summed E-state index contributed by atoms with van der Waals surface area (Å²) in [4.78, 5) is 28.2. The fraction of sp³-hybridized carbons (Fsp3) is 0.391. The maximum Gasteiger partial charge on any atom is 0.409 e. The van der Waals surface area contributed by atoms with Gasteiger partial charge in [0, 0.05) is 26.2 Å². The van der Waals surface area contributed by atoms with Gasteiger partial charge in [0.1, 0.15) is 12.3 Å². The van der Waals surface area contributed by atoms with Crippen LogP contribution in [0.3, 0.4) is 0 Å². The number of hydrogen-bond donors (Lipinski definition) is 0. The summed E-state index contributed by atoms with van der Waals surface area (Å²) in [5.41, 5.74) is 1.15. The molecule has 0 atom stereocenters. The van der Waals surface area contributed by atoms with Crippen LogP contribution in [0.15, 0.2) is 47.4 Å². The molecule has 9 nitrogen and oxygen atoms in total. The van der Waals surface area contributed by atoms with E-state index in [1.807, 2.05) is 6.92 Å². The van der Waals surface area contributed by atoms with Crippen molar-refractivity contribution in [3.05, 3.63) is 53.1 Å². The topological polar surface area (TPSA) is 96.5 Å². The van der Waals surface area contributed by atoms with Crippen molar-refractivity contribution >= 4 is 39.3 Å². The Labute approximate surface area is 204 Å². The number of nitrogens with zero attached hydrogens (tertiary/aromatic N) is 3. The predicted octanol–water partition coefficient (Wildman–Crippen LogP) is 3.15. The minimum Gasteiger partial charge on any atom is -0.495 e. The first-order valence-electron chi connectivity index (χ1n) is 10.8. The molecule has 0 aliphatic carbocycles. The van der Waals surface area contributed by atoms with E-state index in [1.54, 1.807) is 36.1 Å². The summed E-state index contributed by atoms with van der Waals surface area (Å²) in [5.74, 6) is 0.00523. The average Bonchev–Trinajstić information content (AvgIpc) is 2.82. The molecule has 11 heteroatoms. The van der Waals surface area contributed by atoms with Gasteiger partial charge in [-0.2, -0.15) is 0 Å². The molecule has 0 unspecified atom stereocenters. The van der Waals surface area contributed by atoms with E-state index in [0.717, 1.165) is 9.87 Å². The highest BCUT2D eigenvalue weighted by Crippen LogP contribution is 2.32. The van der Waals surface area contributed by atoms with E-state index in [9.17, 15) is 18.0 Å². The first-order chi connectivity index (χ1) is 16.2. The highest BCUT2D eigenvalue weighted by molar-refractivity contribution is 7.92. The number of sulfonamides is 1. The molecule has 1 fully saturated rings. The molecule has 1 saturated heterocycles. The standard InChI is InChI=1S/C23H28ClN3O6S/c1-4-33-23(29)26-13-11-25(12-14-26)22(28)16-27(18-7-10-21(32-3)20(24)15-18)34(30,31)19-8-5-17(2)6-9-19/h5-10,15H,4,11-14,16H2,1-3H3. The Morgan fingerprint density at radius 3 is 2.21 bits per heavy atom. The van der Waals surface area contributed by atoms with Gasteiger partial charge in [0.25, 0.3) is 10.0 Å². The Kier molecular flexibility index (Phi) is 8.27. The monoisotopic (exact) mass is 509 g/mol. The van der Waals surface area contributed by atoms with E-state index in [1.165, 1.54) is 30.2 Å². The molecule has 34 heavy (non-hydrogen) atoms. The van der Waals surface area contributed by atoms with Gasteiger partial charge in [-0.1, -0.05) is 29.3 Å². The van der Waals surface area contributed by atoms with Gasteiger partial charge in [-0.3, -0.25) is 9.10 Å². The van der Waals surface area contributed by atoms with Crippen molar-refractivity contribution in [3.63, 3.8) is 0 Å². The lowest BCUT2D eigenvalue weighted by Gasteiger charge is -2.35. The SMILES string of the molecule is CCOC(=O)N1CCN(C(=O)CN(c2ccc(OC)c(Cl)c2)S(=O)(=O)c2ccc(C)cc2)CC1. The van der Waals surface area contributed by atoms with Crippen LogP contribution in [0, 0.1) is 6.92 Å². The van der Waals surface area contributed by atoms with E-state index < -0.39 is 22.7 Å². The minimum absolute atomic E-state index is 0.0602. The second-order valence-electron chi connectivity index (χ2n) is 7.71. The molecule has 0 saturated carbocycles. The molecule has 184 valence electrons. The number of hydrogen-bond acceptors (Lipinski definition) is 6. The molecule has 2 amide bonds. The van der Waals surface area contributed by atoms with E-state index in [2.05, 4.69) is 0 Å². The van der Waals surface area contributed by atoms with Gasteiger partial charge in [-0.25, -0.2) is 13.2 Å². The van der Waals surface area contributed by atoms with Crippen molar-refractivity contribution in [1.82, 2.24) is 9.80 Å². The van der Waals surface area contributed by atoms with Crippen LogP contribution in [0.1, 0.15) is 12.5 Å². The van der Waals surface area contributed by atoms with Gasteiger partial charge in [-0.15, -0.1) is 0 Å². The highest BCUT2D eigenvalue weighted by Gasteiger charge is 2.31. The molecule has 3 rings (SSSR count). The van der Waals surface area contributed by atoms with Crippen molar-refractivity contribution in [2.45, 2.75) is 18.7 Å². The second kappa shape index (κ2) is 11.0. The number of ether oxygens (including phenoxy) is 2. The van der Waals surface area contributed by atoms with Gasteiger partial charge in [0.2, 0.25) is 5.91 Å². The maximum atomic E-state index is 13.6. The number of carbonyl (C=O) groups is 2. The number of halogens is 1. The zero-order valence-electron chi connectivity index (χ0n) is 19.4. The summed E-state index contributed by atoms with van der Waals surface area (Å²) in [5, 5.41) is 0.222. The Bertz CT molecular complexity index is 1130. The summed E-state index contributed by atoms with van der Waals surface area (Å²) in [6.07, 6.45) is -0.425. The Morgan fingerprint density at radius 2 is 1.65 bits per heavy atom. The average molecular weight is 510 g/mol. The third-order valence-corrected chi connectivity index (χ3v) is 7.55. The van der Waals surface area contributed by atoms with Gasteiger partial charge < -0.3 is 19.3 Å². The molecule has 2 aromatic carbocycles. The fourth-order valence-corrected chi connectivity index (χ4v) is 5.20. The molecule has 0 N–H and O–H groups in total. The van der Waals surface area contributed by atoms with Crippen molar-refractivity contribution in [2.24, 2.45) is 0 Å². The number of aryl methyl sites for hydroxylation is 1. The maximum absolute atomic E-state index is 13.6. The normalized spacial score (nSPS) is 14.0. The lowest BCUT2D eigenvalue weighted by atomic mass is 10.2. The molecule has 1 aliphatic rings. The van der Waals surface area contributed by atoms with Crippen molar-refractivity contribution in [3.8, 4) is 5.75 Å². The van der Waals surface area contributed by atoms with E-state index in [0.29, 0.717) is 18.8 Å². The molecular formula is C23H28ClN3O6S. The van der Waals surface area contributed by atoms with Crippen LogP contribution in [0.25, 0.3) is 0 Å². The summed E-state index contributed by atoms with van der Waals surface area (Å²) in [7, 11) is -2.61. The smallest absolute Gasteiger partial charge is 0.409 e. The van der Waals surface area contributed by atoms with Gasteiger partial charge in [-0.05, 0) is 44.2 Å². The molecule has 0 radical (unpaired) electrons. The molecule has 2 aromatic rings. The Morgan fingerprint density at radius 1 is 1.03 bits per heavy atom. The van der Waals surface area contributed by atoms with Crippen LogP contribution in [-0.2, 0) is 19.6 Å². The number of amides is 2. The number of rotatable bonds is 7. The number of carbonyl (C=O) groups excluding carboxylic acids is 2. The molecule has 1 heterocycles. The number of anilines is 1. The van der Waals surface area contributed by atoms with Crippen LogP contribution in [0.4, 0.5) is 10.5 Å². The van der Waals surface area contributed by atoms with Crippen LogP contribution < -0.4 is 9.04 Å². The molecular weight excluding hydrogens is 482 g/mol. The third-order valence-electron chi connectivity index (χ3n) is 5.47. The van der Waals surface area contributed by atoms with Crippen LogP contribution in [-0.4, -0.2) is 76.7 Å². The number of benzene rings is 2. The van der Waals surface area contributed by atoms with Crippen molar-refractivity contribution in [2.75, 3.05) is 50.7 Å². The minimum atomic E-state index is -4.07. The number of piperazine rings is 1. The van der Waals surface area contributed by atoms with Crippen molar-refractivity contribution < 1.29 is 27.5 Å².